The fraction of sp³-hybridized carbons (Fsp3) is 0.500. The molecule has 1 rings (SSSR count). The Bertz CT molecular complexity index is 321. The van der Waals surface area contributed by atoms with E-state index in [1.165, 1.54) is 0 Å². The molecule has 0 saturated heterocycles. The number of aliphatic hydroxyl groups is 1. The van der Waals surface area contributed by atoms with Crippen LogP contribution in [0.15, 0.2) is 12.1 Å². The van der Waals surface area contributed by atoms with Gasteiger partial charge in [-0.2, -0.15) is 0 Å². The van der Waals surface area contributed by atoms with Gasteiger partial charge in [-0.15, -0.1) is 0 Å². The van der Waals surface area contributed by atoms with E-state index in [1.807, 2.05) is 26.0 Å². The summed E-state index contributed by atoms with van der Waals surface area (Å²) in [5.41, 5.74) is 2.10. The van der Waals surface area contributed by atoms with Crippen molar-refractivity contribution in [3.8, 4) is 11.5 Å². The van der Waals surface area contributed by atoms with Crippen LogP contribution in [0.1, 0.15) is 17.5 Å². The number of methoxy groups -OCH3 is 1. The lowest BCUT2D eigenvalue weighted by molar-refractivity contribution is 0.231. The van der Waals surface area contributed by atoms with Crippen LogP contribution in [-0.2, 0) is 0 Å². The van der Waals surface area contributed by atoms with Crippen molar-refractivity contribution in [2.24, 2.45) is 0 Å². The molecule has 0 radical (unpaired) electrons. The van der Waals surface area contributed by atoms with Crippen LogP contribution in [0.5, 0.6) is 11.5 Å². The van der Waals surface area contributed by atoms with Crippen molar-refractivity contribution in [1.82, 2.24) is 0 Å². The second-order valence-electron chi connectivity index (χ2n) is 3.46. The van der Waals surface area contributed by atoms with Gasteiger partial charge in [0.25, 0.3) is 0 Å². The predicted molar refractivity (Wildman–Crippen MR) is 59.7 cm³/mol. The Kier molecular flexibility index (Phi) is 4.43. The first-order valence-electron chi connectivity index (χ1n) is 5.08. The summed E-state index contributed by atoms with van der Waals surface area (Å²) in [7, 11) is 1.65. The Hall–Kier alpha value is -1.22. The summed E-state index contributed by atoms with van der Waals surface area (Å²) in [5.74, 6) is 1.70. The quantitative estimate of drug-likeness (QED) is 0.756. The maximum atomic E-state index is 8.68. The summed E-state index contributed by atoms with van der Waals surface area (Å²) in [5, 5.41) is 8.68. The standard InChI is InChI=1S/C12H18O3/c1-9-5-6-11(14-3)10(2)12(9)15-8-4-7-13/h5-6,13H,4,7-8H2,1-3H3. The van der Waals surface area contributed by atoms with Gasteiger partial charge < -0.3 is 14.6 Å². The molecule has 0 bridgehead atoms. The van der Waals surface area contributed by atoms with Crippen LogP contribution in [0.2, 0.25) is 0 Å². The van der Waals surface area contributed by atoms with Crippen LogP contribution in [0, 0.1) is 13.8 Å². The van der Waals surface area contributed by atoms with Crippen molar-refractivity contribution in [2.75, 3.05) is 20.3 Å². The molecular formula is C12H18O3. The minimum absolute atomic E-state index is 0.155. The van der Waals surface area contributed by atoms with Crippen LogP contribution >= 0.6 is 0 Å². The number of benzene rings is 1. The fourth-order valence-corrected chi connectivity index (χ4v) is 1.49. The molecule has 15 heavy (non-hydrogen) atoms. The molecule has 1 N–H and O–H groups in total. The normalized spacial score (nSPS) is 10.1. The minimum atomic E-state index is 0.155. The zero-order chi connectivity index (χ0) is 11.3. The molecule has 0 atom stereocenters. The van der Waals surface area contributed by atoms with Crippen molar-refractivity contribution in [3.63, 3.8) is 0 Å². The second kappa shape index (κ2) is 5.61. The molecule has 0 aliphatic heterocycles. The van der Waals surface area contributed by atoms with Crippen molar-refractivity contribution in [3.05, 3.63) is 23.3 Å². The molecule has 0 spiro atoms. The Morgan fingerprint density at radius 3 is 2.60 bits per heavy atom. The zero-order valence-electron chi connectivity index (χ0n) is 9.54. The number of aliphatic hydroxyl groups excluding tert-OH is 1. The monoisotopic (exact) mass is 210 g/mol. The van der Waals surface area contributed by atoms with Crippen LogP contribution < -0.4 is 9.47 Å². The van der Waals surface area contributed by atoms with Gasteiger partial charge in [-0.1, -0.05) is 6.07 Å². The molecule has 0 heterocycles. The Morgan fingerprint density at radius 1 is 1.27 bits per heavy atom. The molecule has 0 amide bonds. The van der Waals surface area contributed by atoms with E-state index in [1.54, 1.807) is 7.11 Å². The van der Waals surface area contributed by atoms with Crippen molar-refractivity contribution < 1.29 is 14.6 Å². The third-order valence-corrected chi connectivity index (χ3v) is 2.32. The lowest BCUT2D eigenvalue weighted by Gasteiger charge is -2.14. The molecule has 0 aliphatic carbocycles. The number of ether oxygens (including phenoxy) is 2. The number of hydrogen-bond acceptors (Lipinski definition) is 3. The molecule has 84 valence electrons. The fourth-order valence-electron chi connectivity index (χ4n) is 1.49. The van der Waals surface area contributed by atoms with Gasteiger partial charge >= 0.3 is 0 Å². The summed E-state index contributed by atoms with van der Waals surface area (Å²) >= 11 is 0. The molecule has 0 fully saturated rings. The molecule has 3 heteroatoms. The first kappa shape index (κ1) is 11.9. The van der Waals surface area contributed by atoms with E-state index in [4.69, 9.17) is 14.6 Å². The van der Waals surface area contributed by atoms with E-state index in [0.29, 0.717) is 13.0 Å². The highest BCUT2D eigenvalue weighted by Crippen LogP contribution is 2.30. The van der Waals surface area contributed by atoms with Gasteiger partial charge in [0, 0.05) is 18.6 Å². The molecular weight excluding hydrogens is 192 g/mol. The largest absolute Gasteiger partial charge is 0.496 e. The second-order valence-corrected chi connectivity index (χ2v) is 3.46. The third kappa shape index (κ3) is 2.86. The van der Waals surface area contributed by atoms with Gasteiger partial charge in [-0.25, -0.2) is 0 Å². The van der Waals surface area contributed by atoms with Gasteiger partial charge in [0.1, 0.15) is 11.5 Å². The van der Waals surface area contributed by atoms with Gasteiger partial charge in [0.05, 0.1) is 13.7 Å². The number of rotatable bonds is 5. The summed E-state index contributed by atoms with van der Waals surface area (Å²) in [4.78, 5) is 0. The molecule has 0 unspecified atom stereocenters. The highest BCUT2D eigenvalue weighted by molar-refractivity contribution is 5.48. The van der Waals surface area contributed by atoms with E-state index in [2.05, 4.69) is 0 Å². The molecule has 3 nitrogen and oxygen atoms in total. The van der Waals surface area contributed by atoms with E-state index in [0.717, 1.165) is 22.6 Å². The first-order chi connectivity index (χ1) is 7.20. The first-order valence-corrected chi connectivity index (χ1v) is 5.08. The minimum Gasteiger partial charge on any atom is -0.496 e. The van der Waals surface area contributed by atoms with Gasteiger partial charge in [-0.3, -0.25) is 0 Å². The molecule has 0 saturated carbocycles. The van der Waals surface area contributed by atoms with E-state index < -0.39 is 0 Å². The highest BCUT2D eigenvalue weighted by Gasteiger charge is 2.08. The van der Waals surface area contributed by atoms with Crippen LogP contribution in [0.25, 0.3) is 0 Å². The van der Waals surface area contributed by atoms with Gasteiger partial charge in [0.2, 0.25) is 0 Å². The summed E-state index contributed by atoms with van der Waals surface area (Å²) in [6, 6.07) is 3.91. The average Bonchev–Trinajstić information content (AvgIpc) is 2.23. The summed E-state index contributed by atoms with van der Waals surface area (Å²) in [6.45, 7) is 4.66. The predicted octanol–water partition coefficient (Wildman–Crippen LogP) is 2.07. The Balaban J connectivity index is 2.84. The average molecular weight is 210 g/mol. The van der Waals surface area contributed by atoms with Crippen molar-refractivity contribution in [1.29, 1.82) is 0 Å². The lowest BCUT2D eigenvalue weighted by Crippen LogP contribution is -2.03. The van der Waals surface area contributed by atoms with Gasteiger partial charge in [0.15, 0.2) is 0 Å². The zero-order valence-corrected chi connectivity index (χ0v) is 9.54. The van der Waals surface area contributed by atoms with E-state index >= 15 is 0 Å². The van der Waals surface area contributed by atoms with Crippen LogP contribution in [0.3, 0.4) is 0 Å². The SMILES string of the molecule is COc1ccc(C)c(OCCCO)c1C. The van der Waals surface area contributed by atoms with Crippen molar-refractivity contribution in [2.45, 2.75) is 20.3 Å². The molecule has 1 aromatic carbocycles. The van der Waals surface area contributed by atoms with Gasteiger partial charge in [-0.05, 0) is 25.5 Å². The maximum absolute atomic E-state index is 8.68. The van der Waals surface area contributed by atoms with E-state index in [-0.39, 0.29) is 6.61 Å². The molecule has 0 aliphatic rings. The number of aryl methyl sites for hydroxylation is 1. The Labute approximate surface area is 90.6 Å². The maximum Gasteiger partial charge on any atom is 0.128 e. The van der Waals surface area contributed by atoms with Crippen LogP contribution in [0.4, 0.5) is 0 Å². The van der Waals surface area contributed by atoms with Crippen molar-refractivity contribution >= 4 is 0 Å². The summed E-state index contributed by atoms with van der Waals surface area (Å²) < 4.78 is 10.8. The van der Waals surface area contributed by atoms with Crippen LogP contribution in [-0.4, -0.2) is 25.4 Å². The molecule has 1 aromatic rings. The number of hydrogen-bond donors (Lipinski definition) is 1. The topological polar surface area (TPSA) is 38.7 Å². The Morgan fingerprint density at radius 2 is 2.00 bits per heavy atom. The van der Waals surface area contributed by atoms with E-state index in [9.17, 15) is 0 Å². The molecule has 0 aromatic heterocycles. The third-order valence-electron chi connectivity index (χ3n) is 2.32. The lowest BCUT2D eigenvalue weighted by atomic mass is 10.1. The highest BCUT2D eigenvalue weighted by atomic mass is 16.5. The smallest absolute Gasteiger partial charge is 0.128 e. The summed E-state index contributed by atoms with van der Waals surface area (Å²) in [6.07, 6.45) is 0.649.